The molecule has 0 spiro atoms. The van der Waals surface area contributed by atoms with Gasteiger partial charge < -0.3 is 9.30 Å². The minimum atomic E-state index is 0.0907. The zero-order valence-electron chi connectivity index (χ0n) is 16.0. The third-order valence-corrected chi connectivity index (χ3v) is 5.55. The maximum Gasteiger partial charge on any atom is 0.192 e. The molecule has 0 aromatic carbocycles. The average molecular weight is 385 g/mol. The summed E-state index contributed by atoms with van der Waals surface area (Å²) in [6, 6.07) is 5.72. The molecule has 0 saturated heterocycles. The number of hydrogen-bond acceptors (Lipinski definition) is 6. The van der Waals surface area contributed by atoms with Crippen molar-refractivity contribution in [1.82, 2.24) is 24.3 Å². The lowest BCUT2D eigenvalue weighted by molar-refractivity contribution is 0.102. The lowest BCUT2D eigenvalue weighted by atomic mass is 10.2. The highest BCUT2D eigenvalue weighted by Crippen LogP contribution is 2.25. The lowest BCUT2D eigenvalue weighted by Gasteiger charge is -2.09. The second-order valence-corrected chi connectivity index (χ2v) is 7.18. The highest BCUT2D eigenvalue weighted by Gasteiger charge is 2.18. The predicted molar refractivity (Wildman–Crippen MR) is 105 cm³/mol. The molecule has 8 heteroatoms. The van der Waals surface area contributed by atoms with E-state index >= 15 is 0 Å². The Hall–Kier alpha value is -2.45. The fourth-order valence-electron chi connectivity index (χ4n) is 2.84. The number of hydrogen-bond donors (Lipinski definition) is 0. The van der Waals surface area contributed by atoms with Gasteiger partial charge in [-0.3, -0.25) is 14.3 Å². The minimum Gasteiger partial charge on any atom is -0.383 e. The van der Waals surface area contributed by atoms with Crippen LogP contribution in [0.3, 0.4) is 0 Å². The first-order valence-electron chi connectivity index (χ1n) is 8.64. The quantitative estimate of drug-likeness (QED) is 0.438. The van der Waals surface area contributed by atoms with E-state index in [2.05, 4.69) is 15.2 Å². The molecule has 0 atom stereocenters. The minimum absolute atomic E-state index is 0.0907. The van der Waals surface area contributed by atoms with E-state index in [1.54, 1.807) is 19.5 Å². The first kappa shape index (κ1) is 19.3. The van der Waals surface area contributed by atoms with Gasteiger partial charge in [0.25, 0.3) is 0 Å². The standard InChI is InChI=1S/C19H23N5O2S/c1-13-11-16(14(2)23(13)3)17(25)12-27-19-22-21-18(24(19)9-10-26-4)15-5-7-20-8-6-15/h5-8,11H,9-10,12H2,1-4H3. The Kier molecular flexibility index (Phi) is 6.08. The van der Waals surface area contributed by atoms with Gasteiger partial charge in [-0.25, -0.2) is 0 Å². The van der Waals surface area contributed by atoms with Crippen LogP contribution in [-0.4, -0.2) is 49.6 Å². The summed E-state index contributed by atoms with van der Waals surface area (Å²) in [6.45, 7) is 5.11. The number of pyridine rings is 1. The summed E-state index contributed by atoms with van der Waals surface area (Å²) in [5.74, 6) is 1.15. The number of Topliss-reactive ketones (excluding diaryl/α,β-unsaturated/α-hetero) is 1. The van der Waals surface area contributed by atoms with Crippen molar-refractivity contribution in [3.8, 4) is 11.4 Å². The van der Waals surface area contributed by atoms with Gasteiger partial charge in [-0.1, -0.05) is 11.8 Å². The molecule has 142 valence electrons. The normalized spacial score (nSPS) is 11.1. The first-order chi connectivity index (χ1) is 13.0. The average Bonchev–Trinajstić information content (AvgIpc) is 3.21. The van der Waals surface area contributed by atoms with Gasteiger partial charge in [-0.15, -0.1) is 10.2 Å². The van der Waals surface area contributed by atoms with Gasteiger partial charge in [0.2, 0.25) is 0 Å². The molecule has 3 heterocycles. The summed E-state index contributed by atoms with van der Waals surface area (Å²) in [5.41, 5.74) is 3.75. The number of aryl methyl sites for hydroxylation is 1. The number of carbonyl (C=O) groups excluding carboxylic acids is 1. The molecule has 27 heavy (non-hydrogen) atoms. The zero-order chi connectivity index (χ0) is 19.4. The number of methoxy groups -OCH3 is 1. The van der Waals surface area contributed by atoms with Crippen molar-refractivity contribution in [1.29, 1.82) is 0 Å². The maximum absolute atomic E-state index is 12.7. The van der Waals surface area contributed by atoms with Crippen molar-refractivity contribution >= 4 is 17.5 Å². The van der Waals surface area contributed by atoms with Crippen molar-refractivity contribution in [2.75, 3.05) is 19.5 Å². The monoisotopic (exact) mass is 385 g/mol. The van der Waals surface area contributed by atoms with E-state index in [-0.39, 0.29) is 5.78 Å². The third-order valence-electron chi connectivity index (χ3n) is 4.58. The van der Waals surface area contributed by atoms with Gasteiger partial charge in [0, 0.05) is 49.1 Å². The van der Waals surface area contributed by atoms with E-state index < -0.39 is 0 Å². The van der Waals surface area contributed by atoms with Crippen molar-refractivity contribution in [3.63, 3.8) is 0 Å². The molecular weight excluding hydrogens is 362 g/mol. The van der Waals surface area contributed by atoms with Crippen LogP contribution in [0.15, 0.2) is 35.7 Å². The number of thioether (sulfide) groups is 1. The molecule has 0 bridgehead atoms. The zero-order valence-corrected chi connectivity index (χ0v) is 16.8. The molecule has 0 aliphatic rings. The molecule has 0 aliphatic carbocycles. The van der Waals surface area contributed by atoms with Crippen LogP contribution >= 0.6 is 11.8 Å². The Labute approximate surface area is 162 Å². The molecule has 0 N–H and O–H groups in total. The third kappa shape index (κ3) is 4.12. The van der Waals surface area contributed by atoms with Gasteiger partial charge in [0.1, 0.15) is 0 Å². The SMILES string of the molecule is COCCn1c(SCC(=O)c2cc(C)n(C)c2C)nnc1-c1ccncc1. The summed E-state index contributed by atoms with van der Waals surface area (Å²) in [7, 11) is 3.63. The van der Waals surface area contributed by atoms with Crippen LogP contribution in [0.25, 0.3) is 11.4 Å². The smallest absolute Gasteiger partial charge is 0.192 e. The van der Waals surface area contributed by atoms with Gasteiger partial charge in [-0.2, -0.15) is 0 Å². The van der Waals surface area contributed by atoms with E-state index in [0.717, 1.165) is 28.3 Å². The van der Waals surface area contributed by atoms with E-state index in [1.165, 1.54) is 11.8 Å². The van der Waals surface area contributed by atoms with Crippen LogP contribution in [-0.2, 0) is 18.3 Å². The number of rotatable bonds is 8. The highest BCUT2D eigenvalue weighted by atomic mass is 32.2. The summed E-state index contributed by atoms with van der Waals surface area (Å²) < 4.78 is 9.23. The molecular formula is C19H23N5O2S. The topological polar surface area (TPSA) is 74.8 Å². The second-order valence-electron chi connectivity index (χ2n) is 6.24. The fraction of sp³-hybridized carbons (Fsp3) is 0.368. The van der Waals surface area contributed by atoms with Crippen LogP contribution in [0.4, 0.5) is 0 Å². The van der Waals surface area contributed by atoms with E-state index in [9.17, 15) is 4.79 Å². The summed E-state index contributed by atoms with van der Waals surface area (Å²) in [6.07, 6.45) is 3.45. The molecule has 7 nitrogen and oxygen atoms in total. The predicted octanol–water partition coefficient (Wildman–Crippen LogP) is 2.92. The summed E-state index contributed by atoms with van der Waals surface area (Å²) in [4.78, 5) is 16.7. The van der Waals surface area contributed by atoms with Gasteiger partial charge in [0.15, 0.2) is 16.8 Å². The van der Waals surface area contributed by atoms with Crippen LogP contribution in [0.5, 0.6) is 0 Å². The molecule has 0 aliphatic heterocycles. The highest BCUT2D eigenvalue weighted by molar-refractivity contribution is 7.99. The molecule has 0 saturated carbocycles. The molecule has 3 aromatic heterocycles. The number of carbonyl (C=O) groups is 1. The van der Waals surface area contributed by atoms with Crippen LogP contribution in [0.2, 0.25) is 0 Å². The number of aromatic nitrogens is 5. The number of ether oxygens (including phenoxy) is 1. The molecule has 0 unspecified atom stereocenters. The van der Waals surface area contributed by atoms with Crippen LogP contribution in [0.1, 0.15) is 21.7 Å². The van der Waals surface area contributed by atoms with E-state index in [4.69, 9.17) is 4.74 Å². The van der Waals surface area contributed by atoms with Crippen LogP contribution in [0, 0.1) is 13.8 Å². The fourth-order valence-corrected chi connectivity index (χ4v) is 3.69. The van der Waals surface area contributed by atoms with E-state index in [1.807, 2.05) is 48.2 Å². The molecule has 0 amide bonds. The summed E-state index contributed by atoms with van der Waals surface area (Å²) in [5, 5.41) is 9.32. The van der Waals surface area contributed by atoms with Gasteiger partial charge >= 0.3 is 0 Å². The molecule has 0 radical (unpaired) electrons. The Morgan fingerprint density at radius 1 is 1.22 bits per heavy atom. The molecule has 3 rings (SSSR count). The van der Waals surface area contributed by atoms with Gasteiger partial charge in [-0.05, 0) is 32.0 Å². The molecule has 0 fully saturated rings. The molecule has 3 aromatic rings. The largest absolute Gasteiger partial charge is 0.383 e. The Balaban J connectivity index is 1.81. The van der Waals surface area contributed by atoms with Crippen molar-refractivity contribution in [2.24, 2.45) is 7.05 Å². The van der Waals surface area contributed by atoms with Crippen LogP contribution < -0.4 is 0 Å². The Morgan fingerprint density at radius 2 is 1.96 bits per heavy atom. The van der Waals surface area contributed by atoms with E-state index in [0.29, 0.717) is 24.1 Å². The van der Waals surface area contributed by atoms with Crippen molar-refractivity contribution in [3.05, 3.63) is 47.5 Å². The van der Waals surface area contributed by atoms with Gasteiger partial charge in [0.05, 0.1) is 18.9 Å². The summed E-state index contributed by atoms with van der Waals surface area (Å²) >= 11 is 1.40. The second kappa shape index (κ2) is 8.49. The number of nitrogens with zero attached hydrogens (tertiary/aromatic N) is 5. The van der Waals surface area contributed by atoms with Crippen molar-refractivity contribution < 1.29 is 9.53 Å². The Morgan fingerprint density at radius 3 is 2.59 bits per heavy atom. The first-order valence-corrected chi connectivity index (χ1v) is 9.63. The number of ketones is 1. The Bertz CT molecular complexity index is 933. The lowest BCUT2D eigenvalue weighted by Crippen LogP contribution is -2.09. The van der Waals surface area contributed by atoms with Crippen molar-refractivity contribution in [2.45, 2.75) is 25.5 Å². The maximum atomic E-state index is 12.7.